The topological polar surface area (TPSA) is 33.0 Å². The number of rotatable bonds is 1. The van der Waals surface area contributed by atoms with Crippen LogP contribution in [0, 0.1) is 11.3 Å². The molecule has 1 unspecified atom stereocenters. The summed E-state index contributed by atoms with van der Waals surface area (Å²) in [5.41, 5.74) is -0.404. The van der Waals surface area contributed by atoms with E-state index in [-0.39, 0.29) is 5.57 Å². The average molecular weight is 265 g/mol. The quantitative estimate of drug-likeness (QED) is 0.773. The number of benzene rings is 1. The highest BCUT2D eigenvalue weighted by Crippen LogP contribution is 2.41. The van der Waals surface area contributed by atoms with Gasteiger partial charge in [0.1, 0.15) is 6.26 Å². The minimum atomic E-state index is -4.58. The molecule has 1 aliphatic rings. The Labute approximate surface area is 108 Å². The van der Waals surface area contributed by atoms with E-state index in [9.17, 15) is 13.2 Å². The first-order chi connectivity index (χ1) is 8.88. The maximum atomic E-state index is 12.7. The van der Waals surface area contributed by atoms with Gasteiger partial charge in [-0.15, -0.1) is 0 Å². The van der Waals surface area contributed by atoms with Crippen molar-refractivity contribution >= 4 is 0 Å². The first-order valence-corrected chi connectivity index (χ1v) is 5.51. The molecule has 0 fully saturated rings. The molecule has 1 heterocycles. The predicted octanol–water partition coefficient (Wildman–Crippen LogP) is 3.83. The summed E-state index contributed by atoms with van der Waals surface area (Å²) in [7, 11) is 0. The zero-order chi connectivity index (χ0) is 14.1. The molecule has 2 rings (SSSR count). The number of allylic oxidation sites excluding steroid dienone is 3. The third-order valence-electron chi connectivity index (χ3n) is 3.06. The second kappa shape index (κ2) is 4.47. The number of nitriles is 1. The molecule has 1 aromatic carbocycles. The summed E-state index contributed by atoms with van der Waals surface area (Å²) in [6.45, 7) is 1.56. The molecule has 0 amide bonds. The summed E-state index contributed by atoms with van der Waals surface area (Å²) in [6, 6.07) is 10.4. The summed E-state index contributed by atoms with van der Waals surface area (Å²) in [4.78, 5) is 0. The first-order valence-electron chi connectivity index (χ1n) is 5.51. The van der Waals surface area contributed by atoms with E-state index in [1.165, 1.54) is 0 Å². The number of hydrogen-bond donors (Lipinski definition) is 0. The molecule has 1 atom stereocenters. The van der Waals surface area contributed by atoms with Crippen molar-refractivity contribution in [1.29, 1.82) is 5.26 Å². The fourth-order valence-electron chi connectivity index (χ4n) is 1.93. The maximum absolute atomic E-state index is 12.7. The van der Waals surface area contributed by atoms with Gasteiger partial charge in [0.2, 0.25) is 5.76 Å². The van der Waals surface area contributed by atoms with Crippen LogP contribution in [0.2, 0.25) is 0 Å². The number of halogens is 3. The monoisotopic (exact) mass is 265 g/mol. The summed E-state index contributed by atoms with van der Waals surface area (Å²) in [6.07, 6.45) is -2.76. The predicted molar refractivity (Wildman–Crippen MR) is 62.7 cm³/mol. The third-order valence-corrected chi connectivity index (χ3v) is 3.06. The van der Waals surface area contributed by atoms with Crippen LogP contribution in [0.15, 0.2) is 54.0 Å². The van der Waals surface area contributed by atoms with Crippen LogP contribution in [0.5, 0.6) is 0 Å². The maximum Gasteiger partial charge on any atom is 0.449 e. The molecule has 2 nitrogen and oxygen atoms in total. The SMILES string of the molecule is CC1(c2ccccc2)C=C(C(F)(F)F)OC=C1C#N. The molecule has 1 aromatic rings. The standard InChI is InChI=1S/C14H10F3NO/c1-13(10-5-3-2-4-6-10)7-12(14(15,16)17)19-9-11(13)8-18/h2-7,9H,1H3. The summed E-state index contributed by atoms with van der Waals surface area (Å²) >= 11 is 0. The van der Waals surface area contributed by atoms with Crippen LogP contribution in [-0.4, -0.2) is 6.18 Å². The van der Waals surface area contributed by atoms with Crippen LogP contribution < -0.4 is 0 Å². The van der Waals surface area contributed by atoms with Crippen molar-refractivity contribution in [3.05, 3.63) is 59.6 Å². The van der Waals surface area contributed by atoms with Gasteiger partial charge in [-0.05, 0) is 18.6 Å². The fraction of sp³-hybridized carbons (Fsp3) is 0.214. The molecule has 98 valence electrons. The van der Waals surface area contributed by atoms with E-state index >= 15 is 0 Å². The third kappa shape index (κ3) is 2.34. The van der Waals surface area contributed by atoms with Crippen molar-refractivity contribution in [2.75, 3.05) is 0 Å². The summed E-state index contributed by atoms with van der Waals surface area (Å²) in [5.74, 6) is -1.10. The van der Waals surface area contributed by atoms with Gasteiger partial charge in [-0.2, -0.15) is 18.4 Å². The Balaban J connectivity index is 2.56. The van der Waals surface area contributed by atoms with E-state index in [0.29, 0.717) is 5.56 Å². The van der Waals surface area contributed by atoms with Crippen molar-refractivity contribution in [2.24, 2.45) is 0 Å². The van der Waals surface area contributed by atoms with E-state index in [2.05, 4.69) is 4.74 Å². The number of alkyl halides is 3. The molecule has 19 heavy (non-hydrogen) atoms. The Morgan fingerprint density at radius 2 is 1.84 bits per heavy atom. The van der Waals surface area contributed by atoms with Crippen molar-refractivity contribution in [1.82, 2.24) is 0 Å². The van der Waals surface area contributed by atoms with Gasteiger partial charge >= 0.3 is 6.18 Å². The highest BCUT2D eigenvalue weighted by Gasteiger charge is 2.43. The van der Waals surface area contributed by atoms with Gasteiger partial charge in [-0.3, -0.25) is 0 Å². The lowest BCUT2D eigenvalue weighted by atomic mass is 9.75. The highest BCUT2D eigenvalue weighted by atomic mass is 19.4. The average Bonchev–Trinajstić information content (AvgIpc) is 2.38. The highest BCUT2D eigenvalue weighted by molar-refractivity contribution is 5.49. The Hall–Kier alpha value is -2.22. The van der Waals surface area contributed by atoms with Crippen molar-refractivity contribution in [2.45, 2.75) is 18.5 Å². The lowest BCUT2D eigenvalue weighted by molar-refractivity contribution is -0.123. The Kier molecular flexibility index (Phi) is 3.11. The Morgan fingerprint density at radius 1 is 1.21 bits per heavy atom. The molecule has 0 bridgehead atoms. The molecular formula is C14H10F3NO. The second-order valence-corrected chi connectivity index (χ2v) is 4.34. The normalized spacial score (nSPS) is 22.9. The van der Waals surface area contributed by atoms with Crippen molar-refractivity contribution in [3.8, 4) is 6.07 Å². The zero-order valence-electron chi connectivity index (χ0n) is 10.0. The lowest BCUT2D eigenvalue weighted by Gasteiger charge is -2.30. The van der Waals surface area contributed by atoms with Gasteiger partial charge in [-0.25, -0.2) is 0 Å². The molecule has 5 heteroatoms. The molecule has 0 saturated carbocycles. The van der Waals surface area contributed by atoms with Gasteiger partial charge in [0.25, 0.3) is 0 Å². The van der Waals surface area contributed by atoms with E-state index < -0.39 is 17.4 Å². The zero-order valence-corrected chi connectivity index (χ0v) is 10.0. The Morgan fingerprint density at radius 3 is 2.37 bits per heavy atom. The van der Waals surface area contributed by atoms with Gasteiger partial charge in [-0.1, -0.05) is 30.3 Å². The first kappa shape index (κ1) is 13.2. The minimum Gasteiger partial charge on any atom is -0.459 e. The van der Waals surface area contributed by atoms with Crippen molar-refractivity contribution < 1.29 is 17.9 Å². The van der Waals surface area contributed by atoms with E-state index in [0.717, 1.165) is 12.3 Å². The smallest absolute Gasteiger partial charge is 0.449 e. The number of hydrogen-bond acceptors (Lipinski definition) is 2. The van der Waals surface area contributed by atoms with Crippen LogP contribution in [0.1, 0.15) is 12.5 Å². The largest absolute Gasteiger partial charge is 0.459 e. The van der Waals surface area contributed by atoms with Crippen LogP contribution in [-0.2, 0) is 10.2 Å². The number of ether oxygens (including phenoxy) is 1. The van der Waals surface area contributed by atoms with Gasteiger partial charge in [0, 0.05) is 0 Å². The molecule has 0 saturated heterocycles. The molecule has 0 N–H and O–H groups in total. The molecule has 0 aromatic heterocycles. The van der Waals surface area contributed by atoms with Gasteiger partial charge < -0.3 is 4.74 Å². The number of nitrogens with zero attached hydrogens (tertiary/aromatic N) is 1. The fourth-order valence-corrected chi connectivity index (χ4v) is 1.93. The molecule has 0 aliphatic carbocycles. The summed E-state index contributed by atoms with van der Waals surface area (Å²) in [5, 5.41) is 9.07. The van der Waals surface area contributed by atoms with E-state index in [1.54, 1.807) is 37.3 Å². The van der Waals surface area contributed by atoms with Crippen molar-refractivity contribution in [3.63, 3.8) is 0 Å². The van der Waals surface area contributed by atoms with E-state index in [1.807, 2.05) is 6.07 Å². The van der Waals surface area contributed by atoms with Crippen LogP contribution in [0.3, 0.4) is 0 Å². The molecular weight excluding hydrogens is 255 g/mol. The summed E-state index contributed by atoms with van der Waals surface area (Å²) < 4.78 is 42.7. The van der Waals surface area contributed by atoms with Gasteiger partial charge in [0.05, 0.1) is 17.1 Å². The minimum absolute atomic E-state index is 0.131. The molecule has 1 aliphatic heterocycles. The van der Waals surface area contributed by atoms with Gasteiger partial charge in [0.15, 0.2) is 0 Å². The lowest BCUT2D eigenvalue weighted by Crippen LogP contribution is -2.28. The molecule has 0 spiro atoms. The van der Waals surface area contributed by atoms with E-state index in [4.69, 9.17) is 5.26 Å². The van der Waals surface area contributed by atoms with Crippen LogP contribution >= 0.6 is 0 Å². The van der Waals surface area contributed by atoms with Crippen LogP contribution in [0.25, 0.3) is 0 Å². The Bertz CT molecular complexity index is 581. The second-order valence-electron chi connectivity index (χ2n) is 4.34. The van der Waals surface area contributed by atoms with Crippen LogP contribution in [0.4, 0.5) is 13.2 Å². The molecule has 0 radical (unpaired) electrons.